The summed E-state index contributed by atoms with van der Waals surface area (Å²) in [6.45, 7) is 6.17. The van der Waals surface area contributed by atoms with Gasteiger partial charge in [-0.25, -0.2) is 0 Å². The quantitative estimate of drug-likeness (QED) is 0.857. The Balaban J connectivity index is 2.05. The summed E-state index contributed by atoms with van der Waals surface area (Å²) in [6.07, 6.45) is 1.26. The molecule has 17 heavy (non-hydrogen) atoms. The van der Waals surface area contributed by atoms with Gasteiger partial charge >= 0.3 is 0 Å². The maximum Gasteiger partial charge on any atom is 0.197 e. The second-order valence-electron chi connectivity index (χ2n) is 4.78. The van der Waals surface area contributed by atoms with E-state index in [4.69, 9.17) is 10.5 Å². The molecule has 1 saturated heterocycles. The van der Waals surface area contributed by atoms with Crippen molar-refractivity contribution in [2.45, 2.75) is 32.4 Å². The zero-order valence-corrected chi connectivity index (χ0v) is 11.4. The monoisotopic (exact) mass is 256 g/mol. The standard InChI is InChI=1S/C11H20N4OS/c1-7(2)16-9-10(12)14-17-11(9)13-8-4-5-15(3)6-8/h7-8,13H,4-6H2,1-3H3,(H2,12,14). The minimum atomic E-state index is 0.112. The molecule has 1 aromatic heterocycles. The third-order valence-corrected chi connectivity index (χ3v) is 3.53. The van der Waals surface area contributed by atoms with Crippen LogP contribution in [0.25, 0.3) is 0 Å². The number of nitrogens with two attached hydrogens (primary N) is 1. The van der Waals surface area contributed by atoms with Gasteiger partial charge in [-0.2, -0.15) is 4.37 Å². The fourth-order valence-electron chi connectivity index (χ4n) is 1.97. The number of ether oxygens (including phenoxy) is 1. The Labute approximate surface area is 106 Å². The van der Waals surface area contributed by atoms with Crippen LogP contribution in [0.1, 0.15) is 20.3 Å². The lowest BCUT2D eigenvalue weighted by Crippen LogP contribution is -2.23. The van der Waals surface area contributed by atoms with Gasteiger partial charge in [-0.1, -0.05) is 0 Å². The molecule has 1 unspecified atom stereocenters. The maximum atomic E-state index is 5.82. The molecule has 0 spiro atoms. The van der Waals surface area contributed by atoms with Gasteiger partial charge < -0.3 is 20.7 Å². The highest BCUT2D eigenvalue weighted by atomic mass is 32.1. The van der Waals surface area contributed by atoms with E-state index in [9.17, 15) is 0 Å². The SMILES string of the molecule is CC(C)Oc1c(N)nsc1NC1CCN(C)C1. The lowest BCUT2D eigenvalue weighted by Gasteiger charge is -2.15. The second kappa shape index (κ2) is 5.10. The Bertz CT molecular complexity index is 380. The van der Waals surface area contributed by atoms with Gasteiger partial charge in [0.05, 0.1) is 6.10 Å². The molecule has 6 heteroatoms. The predicted octanol–water partition coefficient (Wildman–Crippen LogP) is 1.63. The van der Waals surface area contributed by atoms with E-state index in [2.05, 4.69) is 21.6 Å². The third kappa shape index (κ3) is 3.01. The van der Waals surface area contributed by atoms with Crippen LogP contribution in [0.15, 0.2) is 0 Å². The highest BCUT2D eigenvalue weighted by Crippen LogP contribution is 2.36. The van der Waals surface area contributed by atoms with E-state index in [1.165, 1.54) is 11.5 Å². The van der Waals surface area contributed by atoms with Crippen molar-refractivity contribution in [1.82, 2.24) is 9.27 Å². The molecule has 2 heterocycles. The van der Waals surface area contributed by atoms with Crippen LogP contribution in [0.5, 0.6) is 5.75 Å². The van der Waals surface area contributed by atoms with E-state index < -0.39 is 0 Å². The molecule has 1 atom stereocenters. The van der Waals surface area contributed by atoms with Crippen molar-refractivity contribution in [3.8, 4) is 5.75 Å². The molecule has 5 nitrogen and oxygen atoms in total. The molecule has 2 rings (SSSR count). The van der Waals surface area contributed by atoms with Gasteiger partial charge in [0.2, 0.25) is 0 Å². The molecule has 1 aliphatic rings. The van der Waals surface area contributed by atoms with E-state index in [-0.39, 0.29) is 6.10 Å². The summed E-state index contributed by atoms with van der Waals surface area (Å²) in [6, 6.07) is 0.467. The number of nitrogen functional groups attached to an aromatic ring is 1. The second-order valence-corrected chi connectivity index (χ2v) is 5.56. The van der Waals surface area contributed by atoms with E-state index in [1.807, 2.05) is 13.8 Å². The van der Waals surface area contributed by atoms with Gasteiger partial charge in [-0.05, 0) is 45.4 Å². The van der Waals surface area contributed by atoms with Crippen molar-refractivity contribution in [3.05, 3.63) is 0 Å². The lowest BCUT2D eigenvalue weighted by molar-refractivity contribution is 0.245. The number of anilines is 2. The largest absolute Gasteiger partial charge is 0.484 e. The van der Waals surface area contributed by atoms with E-state index >= 15 is 0 Å². The zero-order valence-electron chi connectivity index (χ0n) is 10.6. The Morgan fingerprint density at radius 1 is 1.59 bits per heavy atom. The van der Waals surface area contributed by atoms with Gasteiger partial charge in [0.15, 0.2) is 16.6 Å². The number of nitrogens with zero attached hydrogens (tertiary/aromatic N) is 2. The highest BCUT2D eigenvalue weighted by molar-refractivity contribution is 7.11. The fraction of sp³-hybridized carbons (Fsp3) is 0.727. The number of nitrogens with one attached hydrogen (secondary N) is 1. The molecule has 1 aromatic rings. The van der Waals surface area contributed by atoms with Gasteiger partial charge in [0.1, 0.15) is 0 Å². The molecule has 3 N–H and O–H groups in total. The Morgan fingerprint density at radius 3 is 2.94 bits per heavy atom. The smallest absolute Gasteiger partial charge is 0.197 e. The molecule has 0 saturated carbocycles. The van der Waals surface area contributed by atoms with Crippen molar-refractivity contribution < 1.29 is 4.74 Å². The molecule has 0 aromatic carbocycles. The zero-order chi connectivity index (χ0) is 12.4. The van der Waals surface area contributed by atoms with Gasteiger partial charge in [0, 0.05) is 12.6 Å². The molecule has 1 fully saturated rings. The van der Waals surface area contributed by atoms with Gasteiger partial charge in [-0.15, -0.1) is 0 Å². The summed E-state index contributed by atoms with van der Waals surface area (Å²) < 4.78 is 9.85. The molecule has 0 radical (unpaired) electrons. The predicted molar refractivity (Wildman–Crippen MR) is 71.8 cm³/mol. The number of hydrogen-bond acceptors (Lipinski definition) is 6. The Hall–Kier alpha value is -1.01. The molecular weight excluding hydrogens is 236 g/mol. The van der Waals surface area contributed by atoms with Crippen LogP contribution in [-0.4, -0.2) is 41.6 Å². The van der Waals surface area contributed by atoms with Crippen LogP contribution < -0.4 is 15.8 Å². The van der Waals surface area contributed by atoms with Crippen LogP contribution in [0.4, 0.5) is 10.8 Å². The van der Waals surface area contributed by atoms with Crippen LogP contribution in [-0.2, 0) is 0 Å². The number of aromatic nitrogens is 1. The van der Waals surface area contributed by atoms with Crippen molar-refractivity contribution >= 4 is 22.4 Å². The molecular formula is C11H20N4OS. The van der Waals surface area contributed by atoms with Crippen LogP contribution in [0.3, 0.4) is 0 Å². The third-order valence-electron chi connectivity index (χ3n) is 2.75. The Kier molecular flexibility index (Phi) is 3.73. The highest BCUT2D eigenvalue weighted by Gasteiger charge is 2.22. The first kappa shape index (κ1) is 12.4. The molecule has 1 aliphatic heterocycles. The maximum absolute atomic E-state index is 5.82. The first-order valence-electron chi connectivity index (χ1n) is 5.93. The van der Waals surface area contributed by atoms with Crippen molar-refractivity contribution in [2.75, 3.05) is 31.2 Å². The van der Waals surface area contributed by atoms with Crippen molar-refractivity contribution in [3.63, 3.8) is 0 Å². The summed E-state index contributed by atoms with van der Waals surface area (Å²) >= 11 is 1.38. The summed E-state index contributed by atoms with van der Waals surface area (Å²) in [7, 11) is 2.13. The molecule has 96 valence electrons. The van der Waals surface area contributed by atoms with Crippen LogP contribution in [0, 0.1) is 0 Å². The first-order valence-corrected chi connectivity index (χ1v) is 6.70. The lowest BCUT2D eigenvalue weighted by atomic mass is 10.2. The minimum absolute atomic E-state index is 0.112. The van der Waals surface area contributed by atoms with Crippen molar-refractivity contribution in [2.24, 2.45) is 0 Å². The number of likely N-dealkylation sites (tertiary alicyclic amines) is 1. The fourth-order valence-corrected chi connectivity index (χ4v) is 2.70. The average molecular weight is 256 g/mol. The van der Waals surface area contributed by atoms with Crippen LogP contribution >= 0.6 is 11.5 Å². The molecule has 0 amide bonds. The average Bonchev–Trinajstić information content (AvgIpc) is 2.78. The summed E-state index contributed by atoms with van der Waals surface area (Å²) in [5, 5.41) is 4.43. The van der Waals surface area contributed by atoms with E-state index in [0.717, 1.165) is 24.5 Å². The Morgan fingerprint density at radius 2 is 2.35 bits per heavy atom. The molecule has 0 bridgehead atoms. The topological polar surface area (TPSA) is 63.4 Å². The van der Waals surface area contributed by atoms with Gasteiger partial charge in [0.25, 0.3) is 0 Å². The van der Waals surface area contributed by atoms with Crippen molar-refractivity contribution in [1.29, 1.82) is 0 Å². The summed E-state index contributed by atoms with van der Waals surface area (Å²) in [5.41, 5.74) is 5.82. The normalized spacial score (nSPS) is 21.1. The summed E-state index contributed by atoms with van der Waals surface area (Å²) in [4.78, 5) is 2.31. The van der Waals surface area contributed by atoms with E-state index in [0.29, 0.717) is 17.6 Å². The first-order chi connectivity index (χ1) is 8.06. The van der Waals surface area contributed by atoms with Gasteiger partial charge in [-0.3, -0.25) is 0 Å². The molecule has 0 aliphatic carbocycles. The van der Waals surface area contributed by atoms with Crippen LogP contribution in [0.2, 0.25) is 0 Å². The van der Waals surface area contributed by atoms with E-state index in [1.54, 1.807) is 0 Å². The summed E-state index contributed by atoms with van der Waals surface area (Å²) in [5.74, 6) is 1.19. The minimum Gasteiger partial charge on any atom is -0.484 e. The number of rotatable bonds is 4. The number of likely N-dealkylation sites (N-methyl/N-ethyl adjacent to an activating group) is 1. The number of hydrogen-bond donors (Lipinski definition) is 2.